The van der Waals surface area contributed by atoms with E-state index in [9.17, 15) is 8.78 Å². The zero-order valence-corrected chi connectivity index (χ0v) is 10.5. The Balaban J connectivity index is 1.85. The molecule has 0 bridgehead atoms. The van der Waals surface area contributed by atoms with Crippen LogP contribution in [0.25, 0.3) is 0 Å². The molecule has 0 amide bonds. The summed E-state index contributed by atoms with van der Waals surface area (Å²) in [6.07, 6.45) is 6.77. The van der Waals surface area contributed by atoms with Crippen molar-refractivity contribution >= 4 is 0 Å². The van der Waals surface area contributed by atoms with Gasteiger partial charge in [-0.05, 0) is 55.2 Å². The maximum absolute atomic E-state index is 13.3. The normalized spacial score (nSPS) is 32.5. The summed E-state index contributed by atoms with van der Waals surface area (Å²) < 4.78 is 26.3. The third kappa shape index (κ3) is 2.16. The first-order chi connectivity index (χ1) is 8.58. The summed E-state index contributed by atoms with van der Waals surface area (Å²) >= 11 is 0. The van der Waals surface area contributed by atoms with Gasteiger partial charge in [0, 0.05) is 5.54 Å². The lowest BCUT2D eigenvalue weighted by Crippen LogP contribution is -2.42. The minimum atomic E-state index is -0.795. The minimum absolute atomic E-state index is 0.458. The van der Waals surface area contributed by atoms with Crippen molar-refractivity contribution in [2.75, 3.05) is 0 Å². The van der Waals surface area contributed by atoms with E-state index in [2.05, 4.69) is 0 Å². The monoisotopic (exact) mass is 251 g/mol. The summed E-state index contributed by atoms with van der Waals surface area (Å²) in [5, 5.41) is 0. The molecule has 1 nitrogen and oxygen atoms in total. The summed E-state index contributed by atoms with van der Waals surface area (Å²) in [7, 11) is 0. The fourth-order valence-electron chi connectivity index (χ4n) is 3.39. The first-order valence-electron chi connectivity index (χ1n) is 6.83. The van der Waals surface area contributed by atoms with Gasteiger partial charge in [-0.25, -0.2) is 8.78 Å². The highest BCUT2D eigenvalue weighted by molar-refractivity contribution is 5.26. The van der Waals surface area contributed by atoms with Crippen LogP contribution in [-0.2, 0) is 5.54 Å². The summed E-state index contributed by atoms with van der Waals surface area (Å²) in [4.78, 5) is 0. The molecule has 18 heavy (non-hydrogen) atoms. The number of rotatable bonds is 2. The topological polar surface area (TPSA) is 26.0 Å². The average molecular weight is 251 g/mol. The van der Waals surface area contributed by atoms with Crippen LogP contribution in [0.4, 0.5) is 8.78 Å². The maximum Gasteiger partial charge on any atom is 0.159 e. The Bertz CT molecular complexity index is 456. The summed E-state index contributed by atoms with van der Waals surface area (Å²) in [5.74, 6) is -0.0712. The van der Waals surface area contributed by atoms with Crippen molar-refractivity contribution in [2.24, 2.45) is 17.6 Å². The van der Waals surface area contributed by atoms with E-state index in [1.54, 1.807) is 6.07 Å². The van der Waals surface area contributed by atoms with Crippen LogP contribution in [0.15, 0.2) is 18.2 Å². The molecule has 1 aromatic carbocycles. The van der Waals surface area contributed by atoms with Crippen LogP contribution in [0.3, 0.4) is 0 Å². The molecule has 2 fully saturated rings. The van der Waals surface area contributed by atoms with Gasteiger partial charge in [0.05, 0.1) is 0 Å². The van der Waals surface area contributed by atoms with Gasteiger partial charge in [0.25, 0.3) is 0 Å². The highest BCUT2D eigenvalue weighted by Crippen LogP contribution is 2.48. The average Bonchev–Trinajstić information content (AvgIpc) is 3.17. The molecule has 1 aromatic rings. The van der Waals surface area contributed by atoms with Crippen LogP contribution in [0, 0.1) is 23.5 Å². The van der Waals surface area contributed by atoms with Gasteiger partial charge >= 0.3 is 0 Å². The van der Waals surface area contributed by atoms with Gasteiger partial charge in [-0.1, -0.05) is 18.9 Å². The highest BCUT2D eigenvalue weighted by Gasteiger charge is 2.40. The highest BCUT2D eigenvalue weighted by atomic mass is 19.2. The second kappa shape index (κ2) is 4.30. The van der Waals surface area contributed by atoms with Crippen molar-refractivity contribution in [2.45, 2.75) is 44.1 Å². The van der Waals surface area contributed by atoms with Crippen molar-refractivity contribution in [3.05, 3.63) is 35.4 Å². The van der Waals surface area contributed by atoms with E-state index in [1.165, 1.54) is 31.4 Å². The van der Waals surface area contributed by atoms with Crippen LogP contribution in [0.2, 0.25) is 0 Å². The van der Waals surface area contributed by atoms with Crippen LogP contribution >= 0.6 is 0 Å². The zero-order chi connectivity index (χ0) is 12.8. The summed E-state index contributed by atoms with van der Waals surface area (Å²) in [6, 6.07) is 4.12. The van der Waals surface area contributed by atoms with E-state index in [4.69, 9.17) is 5.73 Å². The van der Waals surface area contributed by atoms with E-state index in [1.807, 2.05) is 0 Å². The van der Waals surface area contributed by atoms with Crippen molar-refractivity contribution in [3.63, 3.8) is 0 Å². The van der Waals surface area contributed by atoms with Crippen molar-refractivity contribution in [3.8, 4) is 0 Å². The Morgan fingerprint density at radius 2 is 1.83 bits per heavy atom. The molecule has 0 spiro atoms. The molecule has 2 aliphatic carbocycles. The number of halogens is 2. The molecule has 0 aliphatic heterocycles. The third-order valence-electron chi connectivity index (χ3n) is 4.61. The Kier molecular flexibility index (Phi) is 2.89. The Labute approximate surface area is 106 Å². The molecule has 2 aliphatic rings. The summed E-state index contributed by atoms with van der Waals surface area (Å²) in [5.41, 5.74) is 6.76. The van der Waals surface area contributed by atoms with Gasteiger partial charge in [0.1, 0.15) is 0 Å². The Morgan fingerprint density at radius 1 is 1.06 bits per heavy atom. The molecule has 0 heterocycles. The summed E-state index contributed by atoms with van der Waals surface area (Å²) in [6.45, 7) is 0. The molecule has 2 atom stereocenters. The first kappa shape index (κ1) is 12.1. The lowest BCUT2D eigenvalue weighted by molar-refractivity contribution is 0.206. The van der Waals surface area contributed by atoms with Gasteiger partial charge < -0.3 is 5.73 Å². The van der Waals surface area contributed by atoms with Gasteiger partial charge in [-0.3, -0.25) is 0 Å². The van der Waals surface area contributed by atoms with E-state index >= 15 is 0 Å². The standard InChI is InChI=1S/C15H19F2N/c16-13-6-5-12(8-14(13)17)15(18)7-1-2-11(9-15)10-3-4-10/h5-6,8,10-11H,1-4,7,9,18H2. The molecule has 98 valence electrons. The van der Waals surface area contributed by atoms with Crippen molar-refractivity contribution in [1.82, 2.24) is 0 Å². The van der Waals surface area contributed by atoms with Crippen LogP contribution in [-0.4, -0.2) is 0 Å². The van der Waals surface area contributed by atoms with E-state index in [-0.39, 0.29) is 0 Å². The minimum Gasteiger partial charge on any atom is -0.321 e. The predicted octanol–water partition coefficient (Wildman–Crippen LogP) is 3.72. The number of hydrogen-bond acceptors (Lipinski definition) is 1. The molecule has 2 saturated carbocycles. The molecule has 0 saturated heterocycles. The van der Waals surface area contributed by atoms with Crippen molar-refractivity contribution < 1.29 is 8.78 Å². The molecule has 3 rings (SSSR count). The smallest absolute Gasteiger partial charge is 0.159 e. The quantitative estimate of drug-likeness (QED) is 0.851. The lowest BCUT2D eigenvalue weighted by Gasteiger charge is -2.38. The van der Waals surface area contributed by atoms with E-state index < -0.39 is 17.2 Å². The molecular formula is C15H19F2N. The van der Waals surface area contributed by atoms with E-state index in [0.717, 1.165) is 30.7 Å². The number of nitrogens with two attached hydrogens (primary N) is 1. The number of hydrogen-bond donors (Lipinski definition) is 1. The SMILES string of the molecule is NC1(c2ccc(F)c(F)c2)CCCC(C2CC2)C1. The number of benzene rings is 1. The molecule has 2 N–H and O–H groups in total. The predicted molar refractivity (Wildman–Crippen MR) is 66.9 cm³/mol. The second-order valence-electron chi connectivity index (χ2n) is 5.98. The fourth-order valence-corrected chi connectivity index (χ4v) is 3.39. The van der Waals surface area contributed by atoms with E-state index in [0.29, 0.717) is 5.92 Å². The van der Waals surface area contributed by atoms with Gasteiger partial charge in [-0.15, -0.1) is 0 Å². The largest absolute Gasteiger partial charge is 0.321 e. The van der Waals surface area contributed by atoms with Gasteiger partial charge in [0.15, 0.2) is 11.6 Å². The van der Waals surface area contributed by atoms with Crippen molar-refractivity contribution in [1.29, 1.82) is 0 Å². The molecular weight excluding hydrogens is 232 g/mol. The molecule has 3 heteroatoms. The van der Waals surface area contributed by atoms with Crippen LogP contribution < -0.4 is 5.73 Å². The molecule has 0 radical (unpaired) electrons. The zero-order valence-electron chi connectivity index (χ0n) is 10.5. The maximum atomic E-state index is 13.3. The molecule has 0 aromatic heterocycles. The Morgan fingerprint density at radius 3 is 2.50 bits per heavy atom. The third-order valence-corrected chi connectivity index (χ3v) is 4.61. The van der Waals surface area contributed by atoms with Crippen LogP contribution in [0.5, 0.6) is 0 Å². The molecule has 2 unspecified atom stereocenters. The fraction of sp³-hybridized carbons (Fsp3) is 0.600. The van der Waals surface area contributed by atoms with Gasteiger partial charge in [-0.2, -0.15) is 0 Å². The Hall–Kier alpha value is -0.960. The van der Waals surface area contributed by atoms with Gasteiger partial charge in [0.2, 0.25) is 0 Å². The van der Waals surface area contributed by atoms with Crippen LogP contribution in [0.1, 0.15) is 44.1 Å². The first-order valence-corrected chi connectivity index (χ1v) is 6.83. The lowest BCUT2D eigenvalue weighted by atomic mass is 9.71. The second-order valence-corrected chi connectivity index (χ2v) is 5.98.